The maximum absolute atomic E-state index is 13.4. The van der Waals surface area contributed by atoms with E-state index in [1.165, 1.54) is 42.5 Å². The number of hydrogen-bond donors (Lipinski definition) is 0. The monoisotopic (exact) mass is 864 g/mol. The van der Waals surface area contributed by atoms with E-state index < -0.39 is 6.36 Å². The number of halogens is 3. The minimum atomic E-state index is -4.96. The van der Waals surface area contributed by atoms with Gasteiger partial charge in [-0.15, -0.1) is 19.8 Å². The number of nitriles is 5. The van der Waals surface area contributed by atoms with Gasteiger partial charge in [0, 0.05) is 23.1 Å². The maximum Gasteiger partial charge on any atom is 0.572 e. The van der Waals surface area contributed by atoms with Crippen molar-refractivity contribution in [3.05, 3.63) is 204 Å². The lowest BCUT2D eigenvalue weighted by molar-refractivity contribution is -0.306. The van der Waals surface area contributed by atoms with E-state index in [0.29, 0.717) is 75.8 Å². The molecule has 4 aliphatic carbocycles. The smallest absolute Gasteiger partial charge is 0.410 e. The molecule has 66 heavy (non-hydrogen) atoms. The van der Waals surface area contributed by atoms with Crippen LogP contribution in [-0.2, 0) is 4.74 Å². The van der Waals surface area contributed by atoms with E-state index in [2.05, 4.69) is 50.6 Å². The molecule has 0 radical (unpaired) electrons. The molecule has 0 fully saturated rings. The Labute approximate surface area is 379 Å². The van der Waals surface area contributed by atoms with Crippen molar-refractivity contribution in [1.29, 1.82) is 26.3 Å². The molecule has 0 heterocycles. The lowest BCUT2D eigenvalue weighted by atomic mass is 9.82. The van der Waals surface area contributed by atoms with Gasteiger partial charge in [-0.3, -0.25) is 0 Å². The van der Waals surface area contributed by atoms with E-state index >= 15 is 0 Å². The van der Waals surface area contributed by atoms with Gasteiger partial charge in [-0.2, -0.15) is 26.3 Å². The second-order valence-corrected chi connectivity index (χ2v) is 15.5. The highest BCUT2D eigenvalue weighted by Crippen LogP contribution is 2.59. The van der Waals surface area contributed by atoms with E-state index in [4.69, 9.17) is 19.7 Å². The molecule has 0 spiro atoms. The summed E-state index contributed by atoms with van der Waals surface area (Å²) in [5.74, 6) is -0.367. The first-order valence-corrected chi connectivity index (χ1v) is 20.2. The summed E-state index contributed by atoms with van der Waals surface area (Å²) >= 11 is 0. The van der Waals surface area contributed by atoms with Crippen molar-refractivity contribution in [2.75, 3.05) is 0 Å². The van der Waals surface area contributed by atoms with E-state index in [1.54, 1.807) is 12.1 Å². The van der Waals surface area contributed by atoms with Crippen molar-refractivity contribution < 1.29 is 17.9 Å². The van der Waals surface area contributed by atoms with Gasteiger partial charge in [-0.25, -0.2) is 14.5 Å². The standard InChI is InChI=1S/C54H31F3N8O/c1-7-8-9-31(3)46-51-41(24-42-50(44(28-61)37-21-38(63-4)23-39(22-37)64-5)48(53(65-6)52(42)46)35-12-10-30(2)11-13-35)49(43(27-60)36-19-32(25-58)18-33(20-36)26-59)47(45(51)29-62)34-14-16-40(17-15-34)66-54(55,56)57/h7,10,12,14,16,18-24H,1,3,8-9,11,13,15,17H2,2H3/b49-43-,50-44-. The van der Waals surface area contributed by atoms with Gasteiger partial charge in [-0.1, -0.05) is 60.2 Å². The van der Waals surface area contributed by atoms with Gasteiger partial charge in [0.25, 0.3) is 0 Å². The minimum Gasteiger partial charge on any atom is -0.410 e. The molecular weight excluding hydrogens is 834 g/mol. The Morgan fingerprint density at radius 3 is 1.79 bits per heavy atom. The van der Waals surface area contributed by atoms with Gasteiger partial charge in [0.2, 0.25) is 5.70 Å². The number of alkyl halides is 3. The minimum absolute atomic E-state index is 0.0350. The second kappa shape index (κ2) is 18.1. The lowest BCUT2D eigenvalue weighted by Gasteiger charge is -2.21. The molecule has 314 valence electrons. The van der Waals surface area contributed by atoms with E-state index in [0.717, 1.165) is 17.2 Å². The molecule has 7 rings (SSSR count). The molecule has 0 aliphatic heterocycles. The summed E-state index contributed by atoms with van der Waals surface area (Å²) in [5, 5.41) is 53.8. The number of fused-ring (bicyclic) bond motifs is 2. The van der Waals surface area contributed by atoms with Crippen molar-refractivity contribution in [3.8, 4) is 30.3 Å². The van der Waals surface area contributed by atoms with Crippen LogP contribution in [0.4, 0.5) is 24.5 Å². The molecule has 0 N–H and O–H groups in total. The molecule has 9 nitrogen and oxygen atoms in total. The first-order chi connectivity index (χ1) is 31.8. The molecular formula is C54H31F3N8O. The second-order valence-electron chi connectivity index (χ2n) is 15.5. The fourth-order valence-electron chi connectivity index (χ4n) is 8.79. The zero-order valence-corrected chi connectivity index (χ0v) is 35.2. The molecule has 3 aromatic carbocycles. The van der Waals surface area contributed by atoms with Crippen LogP contribution in [0.5, 0.6) is 0 Å². The highest BCUT2D eigenvalue weighted by atomic mass is 19.4. The molecule has 0 aromatic heterocycles. The third kappa shape index (κ3) is 8.04. The Morgan fingerprint density at radius 2 is 1.29 bits per heavy atom. The molecule has 3 aromatic rings. The Balaban J connectivity index is 1.73. The Bertz CT molecular complexity index is 3330. The van der Waals surface area contributed by atoms with Gasteiger partial charge in [-0.05, 0) is 125 Å². The Kier molecular flexibility index (Phi) is 12.2. The third-order valence-electron chi connectivity index (χ3n) is 11.6. The molecule has 0 amide bonds. The average molecular weight is 865 g/mol. The maximum atomic E-state index is 13.4. The third-order valence-corrected chi connectivity index (χ3v) is 11.6. The van der Waals surface area contributed by atoms with Gasteiger partial charge in [0.1, 0.15) is 24.0 Å². The van der Waals surface area contributed by atoms with E-state index in [9.17, 15) is 39.5 Å². The molecule has 0 unspecified atom stereocenters. The zero-order valence-electron chi connectivity index (χ0n) is 35.2. The van der Waals surface area contributed by atoms with Crippen LogP contribution in [0.2, 0.25) is 0 Å². The highest BCUT2D eigenvalue weighted by Gasteiger charge is 2.42. The van der Waals surface area contributed by atoms with Gasteiger partial charge >= 0.3 is 6.36 Å². The van der Waals surface area contributed by atoms with Crippen molar-refractivity contribution in [3.63, 3.8) is 0 Å². The summed E-state index contributed by atoms with van der Waals surface area (Å²) in [6.45, 7) is 34.8. The topological polar surface area (TPSA) is 141 Å². The van der Waals surface area contributed by atoms with Crippen LogP contribution in [0.3, 0.4) is 0 Å². The predicted octanol–water partition coefficient (Wildman–Crippen LogP) is 14.1. The summed E-state index contributed by atoms with van der Waals surface area (Å²) in [5.41, 5.74) is 6.39. The quantitative estimate of drug-likeness (QED) is 0.119. The van der Waals surface area contributed by atoms with Crippen LogP contribution in [0.1, 0.15) is 95.5 Å². The van der Waals surface area contributed by atoms with Crippen molar-refractivity contribution >= 4 is 50.5 Å². The summed E-state index contributed by atoms with van der Waals surface area (Å²) in [4.78, 5) is 11.3. The van der Waals surface area contributed by atoms with Gasteiger partial charge in [0.05, 0.1) is 59.7 Å². The SMILES string of the molecule is [C-]#[N+]C1=C(C2=CC=C(C)CC2)/C(=C(/C#N)c2cc([N+]#[C-])cc([N+]#[C-])c2)c2cc3c(c(C(=C)CCC=C)c21)C(C#N)=C(C1=CC=C(OC(F)(F)F)CC1)/C3=C(/C#N)c1cc(C#N)cc(C#N)c1. The first kappa shape index (κ1) is 44.6. The van der Waals surface area contributed by atoms with Crippen LogP contribution >= 0.6 is 0 Å². The number of benzene rings is 3. The predicted molar refractivity (Wildman–Crippen MR) is 244 cm³/mol. The molecule has 12 heteroatoms. The van der Waals surface area contributed by atoms with Gasteiger partial charge < -0.3 is 4.74 Å². The molecule has 0 bridgehead atoms. The highest BCUT2D eigenvalue weighted by molar-refractivity contribution is 6.23. The van der Waals surface area contributed by atoms with Crippen LogP contribution < -0.4 is 0 Å². The number of ether oxygens (including phenoxy) is 1. The van der Waals surface area contributed by atoms with Crippen molar-refractivity contribution in [1.82, 2.24) is 0 Å². The zero-order chi connectivity index (χ0) is 47.4. The molecule has 0 saturated carbocycles. The fraction of sp³-hybridized carbons (Fsp3) is 0.148. The summed E-state index contributed by atoms with van der Waals surface area (Å²) < 4.78 is 44.4. The summed E-state index contributed by atoms with van der Waals surface area (Å²) in [6.07, 6.45) is 4.69. The number of nitrogens with zero attached hydrogens (tertiary/aromatic N) is 8. The summed E-state index contributed by atoms with van der Waals surface area (Å²) in [7, 11) is 0. The largest absolute Gasteiger partial charge is 0.572 e. The van der Waals surface area contributed by atoms with Crippen molar-refractivity contribution in [2.45, 2.75) is 51.8 Å². The summed E-state index contributed by atoms with van der Waals surface area (Å²) in [6, 6.07) is 21.3. The molecule has 4 aliphatic rings. The van der Waals surface area contributed by atoms with E-state index in [1.807, 2.05) is 31.2 Å². The fourth-order valence-corrected chi connectivity index (χ4v) is 8.79. The molecule has 0 saturated heterocycles. The number of allylic oxidation sites excluding steroid dienone is 17. The van der Waals surface area contributed by atoms with Crippen LogP contribution in [0.15, 0.2) is 120 Å². The Morgan fingerprint density at radius 1 is 0.712 bits per heavy atom. The van der Waals surface area contributed by atoms with E-state index in [-0.39, 0.29) is 85.8 Å². The lowest BCUT2D eigenvalue weighted by Crippen LogP contribution is -2.14. The van der Waals surface area contributed by atoms with Crippen LogP contribution in [-0.4, -0.2) is 6.36 Å². The number of hydrogen-bond acceptors (Lipinski definition) is 6. The van der Waals surface area contributed by atoms with Crippen LogP contribution in [0.25, 0.3) is 53.7 Å². The molecule has 0 atom stereocenters. The van der Waals surface area contributed by atoms with Crippen LogP contribution in [0, 0.1) is 76.4 Å². The normalized spacial score (nSPS) is 16.4. The van der Waals surface area contributed by atoms with Crippen molar-refractivity contribution in [2.24, 2.45) is 0 Å². The Hall–Kier alpha value is -9.43. The number of rotatable bonds is 9. The average Bonchev–Trinajstić information content (AvgIpc) is 3.82. The van der Waals surface area contributed by atoms with Gasteiger partial charge in [0.15, 0.2) is 11.4 Å². The first-order valence-electron chi connectivity index (χ1n) is 20.2.